The number of rotatable bonds is 4. The highest BCUT2D eigenvalue weighted by Crippen LogP contribution is 2.44. The zero-order chi connectivity index (χ0) is 12.8. The number of hydrogen-bond donors (Lipinski definition) is 3. The molecule has 1 heterocycles. The smallest absolute Gasteiger partial charge is 0.0577 e. The normalized spacial score (nSPS) is 49.7. The maximum Gasteiger partial charge on any atom is 0.0577 e. The maximum atomic E-state index is 5.87. The highest BCUT2D eigenvalue weighted by molar-refractivity contribution is 5.00. The van der Waals surface area contributed by atoms with Crippen molar-refractivity contribution in [1.82, 2.24) is 10.6 Å². The summed E-state index contributed by atoms with van der Waals surface area (Å²) in [6.07, 6.45) is 13.1. The van der Waals surface area contributed by atoms with Gasteiger partial charge in [-0.3, -0.25) is 10.6 Å². The second-order valence-electron chi connectivity index (χ2n) is 7.68. The van der Waals surface area contributed by atoms with Gasteiger partial charge in [0.25, 0.3) is 0 Å². The number of hydrogen-bond acceptors (Lipinski definition) is 3. The van der Waals surface area contributed by atoms with E-state index in [9.17, 15) is 0 Å². The Balaban J connectivity index is 1.23. The molecule has 0 amide bonds. The third-order valence-corrected chi connectivity index (χ3v) is 6.15. The summed E-state index contributed by atoms with van der Waals surface area (Å²) in [6, 6.07) is 2.05. The van der Waals surface area contributed by atoms with Crippen LogP contribution in [0.2, 0.25) is 0 Å². The molecule has 4 rings (SSSR count). The molecule has 0 aromatic heterocycles. The summed E-state index contributed by atoms with van der Waals surface area (Å²) in [5.41, 5.74) is 5.87. The van der Waals surface area contributed by atoms with Gasteiger partial charge in [-0.25, -0.2) is 0 Å². The van der Waals surface area contributed by atoms with Crippen LogP contribution in [0, 0.1) is 17.8 Å². The molecule has 108 valence electrons. The molecule has 19 heavy (non-hydrogen) atoms. The quantitative estimate of drug-likeness (QED) is 0.727. The van der Waals surface area contributed by atoms with Crippen molar-refractivity contribution >= 4 is 0 Å². The summed E-state index contributed by atoms with van der Waals surface area (Å²) >= 11 is 0. The standard InChI is InChI=1S/C16H29N3/c17-13-7-10(8-13)1-6-16-18-14-5-4-12(11-2-3-11)9-15(14)19-16/h10-16,18-19H,1-9,17H2. The zero-order valence-corrected chi connectivity index (χ0v) is 12.0. The van der Waals surface area contributed by atoms with Gasteiger partial charge in [-0.1, -0.05) is 0 Å². The second kappa shape index (κ2) is 5.01. The van der Waals surface area contributed by atoms with E-state index in [0.717, 1.165) is 29.8 Å². The lowest BCUT2D eigenvalue weighted by Gasteiger charge is -2.33. The van der Waals surface area contributed by atoms with E-state index in [1.165, 1.54) is 57.8 Å². The Hall–Kier alpha value is -0.120. The molecule has 4 fully saturated rings. The van der Waals surface area contributed by atoms with Gasteiger partial charge < -0.3 is 5.73 Å². The van der Waals surface area contributed by atoms with Crippen molar-refractivity contribution in [1.29, 1.82) is 0 Å². The molecule has 0 aromatic rings. The molecule has 4 aliphatic rings. The van der Waals surface area contributed by atoms with Crippen LogP contribution in [0.4, 0.5) is 0 Å². The van der Waals surface area contributed by atoms with Crippen LogP contribution in [0.1, 0.15) is 57.8 Å². The Labute approximate surface area is 117 Å². The van der Waals surface area contributed by atoms with Gasteiger partial charge in [0.05, 0.1) is 6.17 Å². The average molecular weight is 263 g/mol. The van der Waals surface area contributed by atoms with E-state index in [1.807, 2.05) is 0 Å². The minimum Gasteiger partial charge on any atom is -0.328 e. The molecule has 1 saturated heterocycles. The lowest BCUT2D eigenvalue weighted by atomic mass is 9.78. The highest BCUT2D eigenvalue weighted by Gasteiger charge is 2.42. The molecular formula is C16H29N3. The van der Waals surface area contributed by atoms with Crippen molar-refractivity contribution in [2.75, 3.05) is 0 Å². The number of fused-ring (bicyclic) bond motifs is 1. The molecule has 4 N–H and O–H groups in total. The van der Waals surface area contributed by atoms with Crippen LogP contribution in [0.25, 0.3) is 0 Å². The van der Waals surface area contributed by atoms with Crippen LogP contribution in [0.15, 0.2) is 0 Å². The average Bonchev–Trinajstić information content (AvgIpc) is 3.13. The third kappa shape index (κ3) is 2.70. The molecule has 3 aliphatic carbocycles. The fraction of sp³-hybridized carbons (Fsp3) is 1.00. The van der Waals surface area contributed by atoms with Gasteiger partial charge in [0.15, 0.2) is 0 Å². The van der Waals surface area contributed by atoms with Crippen molar-refractivity contribution in [3.8, 4) is 0 Å². The SMILES string of the molecule is NC1CC(CCC2NC3CCC(C4CC4)CC3N2)C1. The third-order valence-electron chi connectivity index (χ3n) is 6.15. The molecule has 4 unspecified atom stereocenters. The summed E-state index contributed by atoms with van der Waals surface area (Å²) < 4.78 is 0. The first kappa shape index (κ1) is 12.6. The minimum atomic E-state index is 0.511. The topological polar surface area (TPSA) is 50.1 Å². The van der Waals surface area contributed by atoms with Gasteiger partial charge in [0.1, 0.15) is 0 Å². The monoisotopic (exact) mass is 263 g/mol. The summed E-state index contributed by atoms with van der Waals surface area (Å²) in [6.45, 7) is 0. The van der Waals surface area contributed by atoms with Crippen LogP contribution in [0.3, 0.4) is 0 Å². The largest absolute Gasteiger partial charge is 0.328 e. The van der Waals surface area contributed by atoms with E-state index in [4.69, 9.17) is 5.73 Å². The van der Waals surface area contributed by atoms with E-state index >= 15 is 0 Å². The maximum absolute atomic E-state index is 5.87. The van der Waals surface area contributed by atoms with Gasteiger partial charge in [-0.05, 0) is 75.5 Å². The highest BCUT2D eigenvalue weighted by atomic mass is 15.2. The summed E-state index contributed by atoms with van der Waals surface area (Å²) in [5, 5.41) is 7.72. The van der Waals surface area contributed by atoms with Crippen LogP contribution in [0.5, 0.6) is 0 Å². The first-order chi connectivity index (χ1) is 9.28. The number of nitrogens with two attached hydrogens (primary N) is 1. The predicted molar refractivity (Wildman–Crippen MR) is 77.6 cm³/mol. The molecule has 0 aromatic carbocycles. The van der Waals surface area contributed by atoms with Crippen molar-refractivity contribution in [2.45, 2.75) is 82.1 Å². The van der Waals surface area contributed by atoms with Crippen LogP contribution < -0.4 is 16.4 Å². The van der Waals surface area contributed by atoms with Gasteiger partial charge in [0.2, 0.25) is 0 Å². The van der Waals surface area contributed by atoms with Crippen molar-refractivity contribution in [3.63, 3.8) is 0 Å². The molecule has 3 nitrogen and oxygen atoms in total. The second-order valence-corrected chi connectivity index (χ2v) is 7.68. The molecule has 0 spiro atoms. The minimum absolute atomic E-state index is 0.511. The molecule has 3 heteroatoms. The molecule has 4 atom stereocenters. The van der Waals surface area contributed by atoms with E-state index in [1.54, 1.807) is 0 Å². The van der Waals surface area contributed by atoms with Crippen LogP contribution >= 0.6 is 0 Å². The summed E-state index contributed by atoms with van der Waals surface area (Å²) in [7, 11) is 0. The lowest BCUT2D eigenvalue weighted by molar-refractivity contribution is 0.234. The van der Waals surface area contributed by atoms with Gasteiger partial charge >= 0.3 is 0 Å². The fourth-order valence-corrected chi connectivity index (χ4v) is 4.74. The Morgan fingerprint density at radius 1 is 0.789 bits per heavy atom. The van der Waals surface area contributed by atoms with E-state index in [2.05, 4.69) is 10.6 Å². The van der Waals surface area contributed by atoms with Gasteiger partial charge in [-0.2, -0.15) is 0 Å². The molecular weight excluding hydrogens is 234 g/mol. The molecule has 1 aliphatic heterocycles. The zero-order valence-electron chi connectivity index (χ0n) is 12.0. The van der Waals surface area contributed by atoms with E-state index in [-0.39, 0.29) is 0 Å². The van der Waals surface area contributed by atoms with Crippen LogP contribution in [-0.4, -0.2) is 24.3 Å². The van der Waals surface area contributed by atoms with Gasteiger partial charge in [-0.15, -0.1) is 0 Å². The number of nitrogens with one attached hydrogen (secondary N) is 2. The van der Waals surface area contributed by atoms with Crippen molar-refractivity contribution in [2.24, 2.45) is 23.5 Å². The lowest BCUT2D eigenvalue weighted by Crippen LogP contribution is -2.40. The molecule has 0 bridgehead atoms. The summed E-state index contributed by atoms with van der Waals surface area (Å²) in [5.74, 6) is 3.05. The Morgan fingerprint density at radius 2 is 1.53 bits per heavy atom. The van der Waals surface area contributed by atoms with Crippen molar-refractivity contribution < 1.29 is 0 Å². The van der Waals surface area contributed by atoms with E-state index in [0.29, 0.717) is 12.2 Å². The first-order valence-electron chi connectivity index (χ1n) is 8.55. The summed E-state index contributed by atoms with van der Waals surface area (Å²) in [4.78, 5) is 0. The fourth-order valence-electron chi connectivity index (χ4n) is 4.74. The molecule has 3 saturated carbocycles. The van der Waals surface area contributed by atoms with Crippen molar-refractivity contribution in [3.05, 3.63) is 0 Å². The van der Waals surface area contributed by atoms with Crippen LogP contribution in [-0.2, 0) is 0 Å². The van der Waals surface area contributed by atoms with E-state index < -0.39 is 0 Å². The first-order valence-corrected chi connectivity index (χ1v) is 8.55. The Morgan fingerprint density at radius 3 is 2.26 bits per heavy atom. The Bertz CT molecular complexity index is 322. The van der Waals surface area contributed by atoms with Gasteiger partial charge in [0, 0.05) is 18.1 Å². The molecule has 0 radical (unpaired) electrons. The predicted octanol–water partition coefficient (Wildman–Crippen LogP) is 1.97. The Kier molecular flexibility index (Phi) is 3.33.